The molecule has 1 unspecified atom stereocenters. The summed E-state index contributed by atoms with van der Waals surface area (Å²) >= 11 is 0. The number of anilines is 1. The van der Waals surface area contributed by atoms with Crippen molar-refractivity contribution in [2.45, 2.75) is 26.3 Å². The van der Waals surface area contributed by atoms with Crippen LogP contribution in [0.25, 0.3) is 0 Å². The van der Waals surface area contributed by atoms with Gasteiger partial charge in [0.15, 0.2) is 0 Å². The van der Waals surface area contributed by atoms with Crippen molar-refractivity contribution in [1.82, 2.24) is 9.88 Å². The summed E-state index contributed by atoms with van der Waals surface area (Å²) in [6.45, 7) is 6.43. The van der Waals surface area contributed by atoms with Gasteiger partial charge in [0.05, 0.1) is 0 Å². The molecule has 1 atom stereocenters. The summed E-state index contributed by atoms with van der Waals surface area (Å²) < 4.78 is 0. The van der Waals surface area contributed by atoms with Crippen molar-refractivity contribution in [3.8, 4) is 0 Å². The van der Waals surface area contributed by atoms with Gasteiger partial charge in [-0.25, -0.2) is 4.98 Å². The Hall–Kier alpha value is -1.13. The first-order valence-corrected chi connectivity index (χ1v) is 6.84. The van der Waals surface area contributed by atoms with Gasteiger partial charge in [-0.05, 0) is 31.4 Å². The lowest BCUT2D eigenvalue weighted by Crippen LogP contribution is -2.22. The van der Waals surface area contributed by atoms with Crippen LogP contribution in [0.1, 0.15) is 25.3 Å². The Morgan fingerprint density at radius 3 is 3.17 bits per heavy atom. The standard InChI is InChI=1S/C14H23N3O/c1-2-6-15-14-13(4-3-7-16-14)10-17-8-5-12(9-17)11-18/h3-4,7,12,18H,2,5-6,8-11H2,1H3,(H,15,16). The average molecular weight is 249 g/mol. The minimum absolute atomic E-state index is 0.310. The highest BCUT2D eigenvalue weighted by molar-refractivity contribution is 5.43. The Kier molecular flexibility index (Phi) is 4.96. The van der Waals surface area contributed by atoms with E-state index in [1.807, 2.05) is 12.3 Å². The molecule has 0 spiro atoms. The molecular formula is C14H23N3O. The lowest BCUT2D eigenvalue weighted by molar-refractivity contribution is 0.220. The number of nitrogens with zero attached hydrogens (tertiary/aromatic N) is 2. The molecule has 4 heteroatoms. The van der Waals surface area contributed by atoms with Gasteiger partial charge >= 0.3 is 0 Å². The number of hydrogen-bond acceptors (Lipinski definition) is 4. The third-order valence-electron chi connectivity index (χ3n) is 3.46. The predicted molar refractivity (Wildman–Crippen MR) is 73.5 cm³/mol. The molecule has 0 aromatic carbocycles. The smallest absolute Gasteiger partial charge is 0.130 e. The van der Waals surface area contributed by atoms with Crippen LogP contribution in [0, 0.1) is 5.92 Å². The number of aliphatic hydroxyl groups is 1. The van der Waals surface area contributed by atoms with E-state index in [1.165, 1.54) is 5.56 Å². The van der Waals surface area contributed by atoms with Crippen LogP contribution in [-0.2, 0) is 6.54 Å². The SMILES string of the molecule is CCCNc1ncccc1CN1CCC(CO)C1. The zero-order chi connectivity index (χ0) is 12.8. The van der Waals surface area contributed by atoms with E-state index >= 15 is 0 Å². The van der Waals surface area contributed by atoms with Crippen molar-refractivity contribution >= 4 is 5.82 Å². The third-order valence-corrected chi connectivity index (χ3v) is 3.46. The van der Waals surface area contributed by atoms with Crippen LogP contribution in [0.5, 0.6) is 0 Å². The number of pyridine rings is 1. The summed E-state index contributed by atoms with van der Waals surface area (Å²) in [4.78, 5) is 6.81. The van der Waals surface area contributed by atoms with Crippen molar-refractivity contribution in [2.75, 3.05) is 31.6 Å². The van der Waals surface area contributed by atoms with Gasteiger partial charge in [-0.15, -0.1) is 0 Å². The van der Waals surface area contributed by atoms with Crippen LogP contribution >= 0.6 is 0 Å². The van der Waals surface area contributed by atoms with E-state index in [-0.39, 0.29) is 0 Å². The summed E-state index contributed by atoms with van der Waals surface area (Å²) in [7, 11) is 0. The molecule has 1 fully saturated rings. The summed E-state index contributed by atoms with van der Waals surface area (Å²) in [6, 6.07) is 4.13. The van der Waals surface area contributed by atoms with Crippen molar-refractivity contribution in [1.29, 1.82) is 0 Å². The van der Waals surface area contributed by atoms with Crippen molar-refractivity contribution < 1.29 is 5.11 Å². The molecule has 2 rings (SSSR count). The number of hydrogen-bond donors (Lipinski definition) is 2. The zero-order valence-electron chi connectivity index (χ0n) is 11.1. The lowest BCUT2D eigenvalue weighted by Gasteiger charge is -2.18. The number of nitrogens with one attached hydrogen (secondary N) is 1. The van der Waals surface area contributed by atoms with Gasteiger partial charge in [-0.3, -0.25) is 4.90 Å². The molecule has 2 N–H and O–H groups in total. The normalized spacial score (nSPS) is 20.2. The number of aliphatic hydroxyl groups excluding tert-OH is 1. The second-order valence-corrected chi connectivity index (χ2v) is 5.01. The Bertz CT molecular complexity index is 370. The van der Waals surface area contributed by atoms with Gasteiger partial charge in [0.2, 0.25) is 0 Å². The summed E-state index contributed by atoms with van der Waals surface area (Å²) in [5.74, 6) is 1.46. The summed E-state index contributed by atoms with van der Waals surface area (Å²) in [6.07, 6.45) is 4.04. The third kappa shape index (κ3) is 3.43. The second kappa shape index (κ2) is 6.71. The maximum atomic E-state index is 9.17. The van der Waals surface area contributed by atoms with Crippen LogP contribution in [0.3, 0.4) is 0 Å². The first-order chi connectivity index (χ1) is 8.83. The van der Waals surface area contributed by atoms with Gasteiger partial charge in [-0.1, -0.05) is 13.0 Å². The van der Waals surface area contributed by atoms with Crippen LogP contribution < -0.4 is 5.32 Å². The Morgan fingerprint density at radius 1 is 1.56 bits per heavy atom. The molecule has 1 aromatic rings. The Balaban J connectivity index is 1.96. The number of aromatic nitrogens is 1. The number of rotatable bonds is 6. The predicted octanol–water partition coefficient (Wildman–Crippen LogP) is 1.72. The van der Waals surface area contributed by atoms with Gasteiger partial charge < -0.3 is 10.4 Å². The van der Waals surface area contributed by atoms with Crippen molar-refractivity contribution in [2.24, 2.45) is 5.92 Å². The Labute approximate surface area is 109 Å². The molecule has 1 aliphatic heterocycles. The van der Waals surface area contributed by atoms with E-state index in [0.717, 1.165) is 44.8 Å². The van der Waals surface area contributed by atoms with E-state index in [0.29, 0.717) is 12.5 Å². The van der Waals surface area contributed by atoms with E-state index < -0.39 is 0 Å². The van der Waals surface area contributed by atoms with Crippen molar-refractivity contribution in [3.05, 3.63) is 23.9 Å². The van der Waals surface area contributed by atoms with Crippen LogP contribution in [-0.4, -0.2) is 41.2 Å². The number of likely N-dealkylation sites (tertiary alicyclic amines) is 1. The molecule has 0 saturated carbocycles. The summed E-state index contributed by atoms with van der Waals surface area (Å²) in [5.41, 5.74) is 1.25. The zero-order valence-corrected chi connectivity index (χ0v) is 11.1. The van der Waals surface area contributed by atoms with Crippen molar-refractivity contribution in [3.63, 3.8) is 0 Å². The van der Waals surface area contributed by atoms with Gasteiger partial charge in [0, 0.05) is 38.0 Å². The maximum absolute atomic E-state index is 9.17. The molecule has 0 radical (unpaired) electrons. The van der Waals surface area contributed by atoms with Crippen LogP contribution in [0.2, 0.25) is 0 Å². The molecule has 1 aliphatic rings. The molecule has 2 heterocycles. The van der Waals surface area contributed by atoms with Gasteiger partial charge in [-0.2, -0.15) is 0 Å². The fourth-order valence-corrected chi connectivity index (χ4v) is 2.42. The highest BCUT2D eigenvalue weighted by Gasteiger charge is 2.22. The highest BCUT2D eigenvalue weighted by atomic mass is 16.3. The van der Waals surface area contributed by atoms with Gasteiger partial charge in [0.25, 0.3) is 0 Å². The quantitative estimate of drug-likeness (QED) is 0.806. The topological polar surface area (TPSA) is 48.4 Å². The van der Waals surface area contributed by atoms with Crippen LogP contribution in [0.4, 0.5) is 5.82 Å². The average Bonchev–Trinajstić information content (AvgIpc) is 2.85. The highest BCUT2D eigenvalue weighted by Crippen LogP contribution is 2.20. The van der Waals surface area contributed by atoms with Crippen LogP contribution in [0.15, 0.2) is 18.3 Å². The fourth-order valence-electron chi connectivity index (χ4n) is 2.42. The second-order valence-electron chi connectivity index (χ2n) is 5.01. The molecular weight excluding hydrogens is 226 g/mol. The monoisotopic (exact) mass is 249 g/mol. The first-order valence-electron chi connectivity index (χ1n) is 6.84. The molecule has 1 saturated heterocycles. The molecule has 18 heavy (non-hydrogen) atoms. The van der Waals surface area contributed by atoms with E-state index in [9.17, 15) is 0 Å². The molecule has 100 valence electrons. The Morgan fingerprint density at radius 2 is 2.44 bits per heavy atom. The van der Waals surface area contributed by atoms with E-state index in [1.54, 1.807) is 0 Å². The molecule has 0 amide bonds. The first kappa shape index (κ1) is 13.3. The van der Waals surface area contributed by atoms with Gasteiger partial charge in [0.1, 0.15) is 5.82 Å². The van der Waals surface area contributed by atoms with E-state index in [2.05, 4.69) is 28.2 Å². The molecule has 4 nitrogen and oxygen atoms in total. The molecule has 0 bridgehead atoms. The summed E-state index contributed by atoms with van der Waals surface area (Å²) in [5, 5.41) is 12.5. The molecule has 0 aliphatic carbocycles. The minimum atomic E-state index is 0.310. The molecule has 1 aromatic heterocycles. The van der Waals surface area contributed by atoms with E-state index in [4.69, 9.17) is 5.11 Å². The largest absolute Gasteiger partial charge is 0.396 e. The lowest BCUT2D eigenvalue weighted by atomic mass is 10.1. The maximum Gasteiger partial charge on any atom is 0.130 e. The minimum Gasteiger partial charge on any atom is -0.396 e. The fraction of sp³-hybridized carbons (Fsp3) is 0.643.